The molecule has 0 unspecified atom stereocenters. The van der Waals surface area contributed by atoms with E-state index in [1.807, 2.05) is 6.07 Å². The Morgan fingerprint density at radius 2 is 2.04 bits per heavy atom. The molecule has 146 valence electrons. The minimum Gasteiger partial charge on any atom is -0.465 e. The third kappa shape index (κ3) is 6.18. The SMILES string of the molecule is CCOC(=O)CN(CCOC)C(=O)CCCc1nc2ccccc2c(=O)[nH]1. The summed E-state index contributed by atoms with van der Waals surface area (Å²) in [5.74, 6) is -0.0638. The van der Waals surface area contributed by atoms with Gasteiger partial charge in [0.1, 0.15) is 12.4 Å². The maximum atomic E-state index is 12.4. The Morgan fingerprint density at radius 1 is 1.26 bits per heavy atom. The highest BCUT2D eigenvalue weighted by molar-refractivity contribution is 5.82. The van der Waals surface area contributed by atoms with E-state index >= 15 is 0 Å². The van der Waals surface area contributed by atoms with Crippen molar-refractivity contribution in [2.24, 2.45) is 0 Å². The summed E-state index contributed by atoms with van der Waals surface area (Å²) >= 11 is 0. The largest absolute Gasteiger partial charge is 0.465 e. The minimum absolute atomic E-state index is 0.0961. The van der Waals surface area contributed by atoms with Crippen molar-refractivity contribution in [1.29, 1.82) is 0 Å². The molecule has 1 aromatic heterocycles. The van der Waals surface area contributed by atoms with Crippen LogP contribution in [0.4, 0.5) is 0 Å². The van der Waals surface area contributed by atoms with Crippen molar-refractivity contribution in [3.63, 3.8) is 0 Å². The van der Waals surface area contributed by atoms with Crippen LogP contribution >= 0.6 is 0 Å². The van der Waals surface area contributed by atoms with Gasteiger partial charge in [0.15, 0.2) is 0 Å². The molecule has 8 heteroatoms. The van der Waals surface area contributed by atoms with Gasteiger partial charge in [-0.25, -0.2) is 4.98 Å². The van der Waals surface area contributed by atoms with Gasteiger partial charge in [0.25, 0.3) is 5.56 Å². The van der Waals surface area contributed by atoms with E-state index in [0.717, 1.165) is 0 Å². The summed E-state index contributed by atoms with van der Waals surface area (Å²) in [5.41, 5.74) is 0.442. The van der Waals surface area contributed by atoms with Gasteiger partial charge >= 0.3 is 5.97 Å². The maximum absolute atomic E-state index is 12.4. The van der Waals surface area contributed by atoms with Gasteiger partial charge in [-0.3, -0.25) is 14.4 Å². The second-order valence-corrected chi connectivity index (χ2v) is 6.00. The molecular weight excluding hydrogens is 350 g/mol. The van der Waals surface area contributed by atoms with Crippen molar-refractivity contribution >= 4 is 22.8 Å². The zero-order valence-electron chi connectivity index (χ0n) is 15.7. The molecule has 0 aliphatic rings. The Kier molecular flexibility index (Phi) is 7.94. The monoisotopic (exact) mass is 375 g/mol. The average molecular weight is 375 g/mol. The van der Waals surface area contributed by atoms with Crippen molar-refractivity contribution < 1.29 is 19.1 Å². The summed E-state index contributed by atoms with van der Waals surface area (Å²) in [7, 11) is 1.54. The summed E-state index contributed by atoms with van der Waals surface area (Å²) < 4.78 is 9.90. The first-order valence-electron chi connectivity index (χ1n) is 8.95. The minimum atomic E-state index is -0.442. The number of benzene rings is 1. The molecule has 0 aliphatic heterocycles. The highest BCUT2D eigenvalue weighted by Crippen LogP contribution is 2.08. The predicted molar refractivity (Wildman–Crippen MR) is 100 cm³/mol. The molecule has 0 radical (unpaired) electrons. The fourth-order valence-electron chi connectivity index (χ4n) is 2.67. The Labute approximate surface area is 157 Å². The van der Waals surface area contributed by atoms with Crippen molar-refractivity contribution in [2.45, 2.75) is 26.2 Å². The van der Waals surface area contributed by atoms with Crippen molar-refractivity contribution in [2.75, 3.05) is 33.4 Å². The van der Waals surface area contributed by atoms with Crippen LogP contribution in [0.5, 0.6) is 0 Å². The van der Waals surface area contributed by atoms with Crippen LogP contribution in [0.15, 0.2) is 29.1 Å². The third-order valence-corrected chi connectivity index (χ3v) is 4.01. The van der Waals surface area contributed by atoms with E-state index in [2.05, 4.69) is 9.97 Å². The lowest BCUT2D eigenvalue weighted by atomic mass is 10.2. The summed E-state index contributed by atoms with van der Waals surface area (Å²) in [4.78, 5) is 44.8. The number of aromatic nitrogens is 2. The number of H-pyrrole nitrogens is 1. The second-order valence-electron chi connectivity index (χ2n) is 6.00. The number of amides is 1. The lowest BCUT2D eigenvalue weighted by Gasteiger charge is -2.21. The van der Waals surface area contributed by atoms with Gasteiger partial charge in [-0.05, 0) is 25.5 Å². The number of methoxy groups -OCH3 is 1. The van der Waals surface area contributed by atoms with Gasteiger partial charge in [-0.2, -0.15) is 0 Å². The highest BCUT2D eigenvalue weighted by atomic mass is 16.5. The lowest BCUT2D eigenvalue weighted by Crippen LogP contribution is -2.38. The number of ether oxygens (including phenoxy) is 2. The number of nitrogens with one attached hydrogen (secondary N) is 1. The topological polar surface area (TPSA) is 102 Å². The van der Waals surface area contributed by atoms with Crippen LogP contribution in [0.2, 0.25) is 0 Å². The molecule has 8 nitrogen and oxygen atoms in total. The number of carbonyl (C=O) groups is 2. The third-order valence-electron chi connectivity index (χ3n) is 4.01. The molecule has 2 aromatic rings. The normalized spacial score (nSPS) is 10.7. The number of fused-ring (bicyclic) bond motifs is 1. The first-order chi connectivity index (χ1) is 13.0. The van der Waals surface area contributed by atoms with Gasteiger partial charge in [0, 0.05) is 26.5 Å². The Bertz CT molecular complexity index is 833. The van der Waals surface area contributed by atoms with Crippen molar-refractivity contribution in [1.82, 2.24) is 14.9 Å². The molecule has 2 rings (SSSR count). The molecule has 0 atom stereocenters. The molecule has 0 spiro atoms. The number of para-hydroxylation sites is 1. The summed E-state index contributed by atoms with van der Waals surface area (Å²) in [6.45, 7) is 2.55. The number of esters is 1. The van der Waals surface area contributed by atoms with Crippen LogP contribution in [-0.2, 0) is 25.5 Å². The predicted octanol–water partition coefficient (Wildman–Crippen LogP) is 1.28. The molecule has 0 fully saturated rings. The molecule has 27 heavy (non-hydrogen) atoms. The van der Waals surface area contributed by atoms with Gasteiger partial charge in [-0.15, -0.1) is 0 Å². The van der Waals surface area contributed by atoms with E-state index in [-0.39, 0.29) is 31.0 Å². The van der Waals surface area contributed by atoms with Gasteiger partial charge < -0.3 is 19.4 Å². The summed E-state index contributed by atoms with van der Waals surface area (Å²) in [6, 6.07) is 7.11. The number of rotatable bonds is 10. The molecule has 1 N–H and O–H groups in total. The number of aryl methyl sites for hydroxylation is 1. The molecule has 1 amide bonds. The molecule has 1 heterocycles. The van der Waals surface area contributed by atoms with Gasteiger partial charge in [-0.1, -0.05) is 12.1 Å². The van der Waals surface area contributed by atoms with E-state index in [1.165, 1.54) is 12.0 Å². The highest BCUT2D eigenvalue weighted by Gasteiger charge is 2.17. The van der Waals surface area contributed by atoms with Crippen LogP contribution in [0.3, 0.4) is 0 Å². The molecular formula is C19H25N3O5. The Hall–Kier alpha value is -2.74. The van der Waals surface area contributed by atoms with Gasteiger partial charge in [0.05, 0.1) is 24.1 Å². The number of nitrogens with zero attached hydrogens (tertiary/aromatic N) is 2. The Morgan fingerprint density at radius 3 is 2.78 bits per heavy atom. The standard InChI is InChI=1S/C19H25N3O5/c1-3-27-18(24)13-22(11-12-26-2)17(23)10-6-9-16-20-15-8-5-4-7-14(15)19(25)21-16/h4-5,7-8H,3,6,9-13H2,1-2H3,(H,20,21,25). The molecule has 0 bridgehead atoms. The smallest absolute Gasteiger partial charge is 0.325 e. The zero-order chi connectivity index (χ0) is 19.6. The fraction of sp³-hybridized carbons (Fsp3) is 0.474. The van der Waals surface area contributed by atoms with E-state index in [0.29, 0.717) is 42.7 Å². The molecule has 0 saturated carbocycles. The van der Waals surface area contributed by atoms with Gasteiger partial charge in [0.2, 0.25) is 5.91 Å². The van der Waals surface area contributed by atoms with E-state index in [1.54, 1.807) is 25.1 Å². The van der Waals surface area contributed by atoms with Crippen LogP contribution in [0.25, 0.3) is 10.9 Å². The quantitative estimate of drug-likeness (QED) is 0.628. The van der Waals surface area contributed by atoms with Crippen molar-refractivity contribution in [3.05, 3.63) is 40.4 Å². The lowest BCUT2D eigenvalue weighted by molar-refractivity contribution is -0.149. The van der Waals surface area contributed by atoms with E-state index in [4.69, 9.17) is 9.47 Å². The molecule has 1 aromatic carbocycles. The summed E-state index contributed by atoms with van der Waals surface area (Å²) in [6.07, 6.45) is 1.20. The van der Waals surface area contributed by atoms with Crippen LogP contribution in [0, 0.1) is 0 Å². The van der Waals surface area contributed by atoms with Crippen LogP contribution in [-0.4, -0.2) is 60.2 Å². The number of hydrogen-bond donors (Lipinski definition) is 1. The zero-order valence-corrected chi connectivity index (χ0v) is 15.7. The Balaban J connectivity index is 1.94. The van der Waals surface area contributed by atoms with Crippen molar-refractivity contribution in [3.8, 4) is 0 Å². The molecule has 0 saturated heterocycles. The average Bonchev–Trinajstić information content (AvgIpc) is 2.65. The summed E-state index contributed by atoms with van der Waals surface area (Å²) in [5, 5.41) is 0.539. The number of carbonyl (C=O) groups excluding carboxylic acids is 2. The second kappa shape index (κ2) is 10.4. The fourth-order valence-corrected chi connectivity index (χ4v) is 2.67. The van der Waals surface area contributed by atoms with Crippen LogP contribution in [0.1, 0.15) is 25.6 Å². The number of aromatic amines is 1. The molecule has 0 aliphatic carbocycles. The van der Waals surface area contributed by atoms with E-state index < -0.39 is 5.97 Å². The van der Waals surface area contributed by atoms with E-state index in [9.17, 15) is 14.4 Å². The van der Waals surface area contributed by atoms with Crippen LogP contribution < -0.4 is 5.56 Å². The maximum Gasteiger partial charge on any atom is 0.325 e. The first-order valence-corrected chi connectivity index (χ1v) is 8.95. The first kappa shape index (κ1) is 20.6. The number of hydrogen-bond acceptors (Lipinski definition) is 6.